The Morgan fingerprint density at radius 2 is 2.15 bits per heavy atom. The number of aliphatic imine (C=N–C) groups is 1. The van der Waals surface area contributed by atoms with Gasteiger partial charge in [-0.2, -0.15) is 0 Å². The van der Waals surface area contributed by atoms with Gasteiger partial charge in [0.1, 0.15) is 0 Å². The second-order valence-electron chi connectivity index (χ2n) is 6.74. The first-order chi connectivity index (χ1) is 13.2. The molecule has 0 fully saturated rings. The fraction of sp³-hybridized carbons (Fsp3) is 0.381. The zero-order chi connectivity index (χ0) is 19.1. The maximum Gasteiger partial charge on any atom is 0.225 e. The molecule has 0 saturated heterocycles. The van der Waals surface area contributed by atoms with Gasteiger partial charge >= 0.3 is 0 Å². The van der Waals surface area contributed by atoms with Gasteiger partial charge in [0.2, 0.25) is 5.91 Å². The third-order valence-corrected chi connectivity index (χ3v) is 4.74. The molecule has 1 aromatic carbocycles. The summed E-state index contributed by atoms with van der Waals surface area (Å²) in [4.78, 5) is 20.8. The lowest BCUT2D eigenvalue weighted by molar-refractivity contribution is -0.116. The number of para-hydroxylation sites is 1. The number of nitrogens with one attached hydrogen (secondary N) is 3. The van der Waals surface area contributed by atoms with Crippen LogP contribution in [-0.4, -0.2) is 36.5 Å². The van der Waals surface area contributed by atoms with E-state index in [9.17, 15) is 4.79 Å². The molecule has 1 aromatic heterocycles. The Labute approximate surface area is 160 Å². The largest absolute Gasteiger partial charge is 0.357 e. The highest BCUT2D eigenvalue weighted by molar-refractivity contribution is 5.94. The van der Waals surface area contributed by atoms with Crippen molar-refractivity contribution in [2.45, 2.75) is 32.6 Å². The van der Waals surface area contributed by atoms with Crippen molar-refractivity contribution in [3.8, 4) is 0 Å². The first kappa shape index (κ1) is 18.9. The van der Waals surface area contributed by atoms with E-state index in [1.54, 1.807) is 0 Å². The first-order valence-corrected chi connectivity index (χ1v) is 9.47. The number of carbonyl (C=O) groups excluding carboxylic acids is 1. The highest BCUT2D eigenvalue weighted by Crippen LogP contribution is 2.31. The Morgan fingerprint density at radius 1 is 1.30 bits per heavy atom. The molecular weight excluding hydrogens is 338 g/mol. The Morgan fingerprint density at radius 3 is 2.96 bits per heavy atom. The summed E-state index contributed by atoms with van der Waals surface area (Å²) in [5.41, 5.74) is 4.54. The second-order valence-corrected chi connectivity index (χ2v) is 6.74. The van der Waals surface area contributed by atoms with Crippen LogP contribution in [0.25, 0.3) is 0 Å². The molecule has 1 aliphatic heterocycles. The average molecular weight is 365 g/mol. The highest BCUT2D eigenvalue weighted by atomic mass is 16.1. The third-order valence-electron chi connectivity index (χ3n) is 4.74. The number of aryl methyl sites for hydroxylation is 1. The minimum absolute atomic E-state index is 0.0556. The van der Waals surface area contributed by atoms with E-state index in [0.29, 0.717) is 13.0 Å². The lowest BCUT2D eigenvalue weighted by atomic mass is 9.91. The van der Waals surface area contributed by atoms with E-state index in [0.717, 1.165) is 36.7 Å². The molecule has 0 aliphatic carbocycles. The summed E-state index contributed by atoms with van der Waals surface area (Å²) in [6.07, 6.45) is 5.09. The van der Waals surface area contributed by atoms with Crippen LogP contribution in [0.4, 0.5) is 5.69 Å². The number of anilines is 1. The molecule has 3 N–H and O–H groups in total. The van der Waals surface area contributed by atoms with Crippen LogP contribution in [0.2, 0.25) is 0 Å². The molecule has 0 saturated carbocycles. The number of benzene rings is 1. The fourth-order valence-corrected chi connectivity index (χ4v) is 3.31. The standard InChI is InChI=1S/C21H27N5O/c1-3-23-21(24-11-9-16-8-10-22-13-15(16)2)25-14-17-12-20(27)26-19-7-5-4-6-18(17)19/h4-8,10,13,17H,3,9,11-12,14H2,1-2H3,(H,26,27)(H2,23,24,25). The van der Waals surface area contributed by atoms with E-state index in [2.05, 4.69) is 40.0 Å². The summed E-state index contributed by atoms with van der Waals surface area (Å²) in [7, 11) is 0. The molecule has 1 unspecified atom stereocenters. The molecule has 1 amide bonds. The van der Waals surface area contributed by atoms with Crippen molar-refractivity contribution in [3.63, 3.8) is 0 Å². The normalized spacial score (nSPS) is 16.4. The van der Waals surface area contributed by atoms with Crippen LogP contribution < -0.4 is 16.0 Å². The molecule has 0 radical (unpaired) electrons. The third kappa shape index (κ3) is 5.06. The van der Waals surface area contributed by atoms with Crippen molar-refractivity contribution in [1.29, 1.82) is 0 Å². The van der Waals surface area contributed by atoms with E-state index in [4.69, 9.17) is 4.99 Å². The van der Waals surface area contributed by atoms with Gasteiger partial charge in [-0.25, -0.2) is 0 Å². The van der Waals surface area contributed by atoms with Crippen LogP contribution in [0.3, 0.4) is 0 Å². The Hall–Kier alpha value is -2.89. The van der Waals surface area contributed by atoms with Crippen molar-refractivity contribution in [3.05, 3.63) is 59.4 Å². The van der Waals surface area contributed by atoms with Crippen LogP contribution in [0.1, 0.15) is 36.0 Å². The molecule has 0 bridgehead atoms. The maximum absolute atomic E-state index is 12.0. The van der Waals surface area contributed by atoms with Gasteiger partial charge in [-0.15, -0.1) is 0 Å². The number of pyridine rings is 1. The van der Waals surface area contributed by atoms with E-state index >= 15 is 0 Å². The molecule has 6 nitrogen and oxygen atoms in total. The number of aromatic nitrogens is 1. The summed E-state index contributed by atoms with van der Waals surface area (Å²) >= 11 is 0. The zero-order valence-electron chi connectivity index (χ0n) is 16.0. The minimum Gasteiger partial charge on any atom is -0.357 e. The molecule has 2 aromatic rings. The van der Waals surface area contributed by atoms with Crippen LogP contribution in [0.5, 0.6) is 0 Å². The van der Waals surface area contributed by atoms with Crippen LogP contribution in [0.15, 0.2) is 47.7 Å². The summed E-state index contributed by atoms with van der Waals surface area (Å²) in [6.45, 7) is 6.29. The van der Waals surface area contributed by atoms with Crippen molar-refractivity contribution < 1.29 is 4.79 Å². The number of hydrogen-bond acceptors (Lipinski definition) is 3. The summed E-state index contributed by atoms with van der Waals surface area (Å²) in [5.74, 6) is 0.945. The molecule has 3 rings (SSSR count). The number of hydrogen-bond donors (Lipinski definition) is 3. The van der Waals surface area contributed by atoms with Gasteiger partial charge in [-0.1, -0.05) is 18.2 Å². The molecule has 1 aliphatic rings. The molecule has 1 atom stereocenters. The van der Waals surface area contributed by atoms with Crippen molar-refractivity contribution in [2.24, 2.45) is 4.99 Å². The predicted molar refractivity (Wildman–Crippen MR) is 109 cm³/mol. The highest BCUT2D eigenvalue weighted by Gasteiger charge is 2.24. The molecule has 142 valence electrons. The molecule has 6 heteroatoms. The number of carbonyl (C=O) groups is 1. The van der Waals surface area contributed by atoms with Gasteiger partial charge in [0.05, 0.1) is 6.54 Å². The smallest absolute Gasteiger partial charge is 0.225 e. The number of amides is 1. The van der Waals surface area contributed by atoms with E-state index in [1.807, 2.05) is 37.5 Å². The number of nitrogens with zero attached hydrogens (tertiary/aromatic N) is 2. The number of guanidine groups is 1. The first-order valence-electron chi connectivity index (χ1n) is 9.47. The number of fused-ring (bicyclic) bond motifs is 1. The zero-order valence-corrected chi connectivity index (χ0v) is 16.0. The lowest BCUT2D eigenvalue weighted by Crippen LogP contribution is -2.39. The summed E-state index contributed by atoms with van der Waals surface area (Å²) < 4.78 is 0. The Bertz CT molecular complexity index is 818. The van der Waals surface area contributed by atoms with Crippen LogP contribution in [0, 0.1) is 6.92 Å². The summed E-state index contributed by atoms with van der Waals surface area (Å²) in [5, 5.41) is 9.61. The predicted octanol–water partition coefficient (Wildman–Crippen LogP) is 2.61. The molecule has 27 heavy (non-hydrogen) atoms. The monoisotopic (exact) mass is 365 g/mol. The summed E-state index contributed by atoms with van der Waals surface area (Å²) in [6, 6.07) is 10.0. The average Bonchev–Trinajstić information content (AvgIpc) is 2.67. The van der Waals surface area contributed by atoms with Gasteiger partial charge in [-0.3, -0.25) is 14.8 Å². The van der Waals surface area contributed by atoms with Crippen molar-refractivity contribution in [1.82, 2.24) is 15.6 Å². The van der Waals surface area contributed by atoms with Crippen LogP contribution in [-0.2, 0) is 11.2 Å². The lowest BCUT2D eigenvalue weighted by Gasteiger charge is -2.24. The molecule has 0 spiro atoms. The van der Waals surface area contributed by atoms with E-state index < -0.39 is 0 Å². The molecular formula is C21H27N5O. The minimum atomic E-state index is 0.0556. The van der Waals surface area contributed by atoms with Crippen LogP contribution >= 0.6 is 0 Å². The van der Waals surface area contributed by atoms with Gasteiger partial charge in [0.25, 0.3) is 0 Å². The quantitative estimate of drug-likeness (QED) is 0.543. The molecule has 2 heterocycles. The van der Waals surface area contributed by atoms with E-state index in [-0.39, 0.29) is 11.8 Å². The van der Waals surface area contributed by atoms with Gasteiger partial charge < -0.3 is 16.0 Å². The Balaban J connectivity index is 1.62. The van der Waals surface area contributed by atoms with Gasteiger partial charge in [0, 0.05) is 43.5 Å². The second kappa shape index (κ2) is 9.16. The topological polar surface area (TPSA) is 78.4 Å². The maximum atomic E-state index is 12.0. The number of rotatable bonds is 6. The van der Waals surface area contributed by atoms with Gasteiger partial charge in [0.15, 0.2) is 5.96 Å². The SMILES string of the molecule is CCNC(=NCC1CC(=O)Nc2ccccc21)NCCc1ccncc1C. The van der Waals surface area contributed by atoms with Crippen molar-refractivity contribution in [2.75, 3.05) is 25.0 Å². The van der Waals surface area contributed by atoms with E-state index in [1.165, 1.54) is 11.1 Å². The van der Waals surface area contributed by atoms with Gasteiger partial charge in [-0.05, 0) is 49.1 Å². The Kier molecular flexibility index (Phi) is 6.41. The van der Waals surface area contributed by atoms with Crippen molar-refractivity contribution >= 4 is 17.6 Å². The fourth-order valence-electron chi connectivity index (χ4n) is 3.31.